The van der Waals surface area contributed by atoms with Gasteiger partial charge in [-0.1, -0.05) is 91.6 Å². The lowest BCUT2D eigenvalue weighted by Gasteiger charge is -2.34. The Balaban J connectivity index is 2.08. The smallest absolute Gasteiger partial charge is 0.244 e. The Bertz CT molecular complexity index is 1430. The van der Waals surface area contributed by atoms with E-state index in [1.165, 1.54) is 23.1 Å². The highest BCUT2D eigenvalue weighted by atomic mass is 35.5. The van der Waals surface area contributed by atoms with Gasteiger partial charge in [0.15, 0.2) is 0 Å². The summed E-state index contributed by atoms with van der Waals surface area (Å²) in [6.45, 7) is 5.89. The van der Waals surface area contributed by atoms with Gasteiger partial charge in [-0.05, 0) is 47.7 Å². The first-order valence-corrected chi connectivity index (χ1v) is 15.6. The van der Waals surface area contributed by atoms with Gasteiger partial charge in [-0.25, -0.2) is 8.42 Å². The maximum Gasteiger partial charge on any atom is 0.244 e. The van der Waals surface area contributed by atoms with Crippen LogP contribution >= 0.6 is 23.2 Å². The van der Waals surface area contributed by atoms with Gasteiger partial charge in [-0.3, -0.25) is 13.9 Å². The molecule has 0 radical (unpaired) electrons. The van der Waals surface area contributed by atoms with Gasteiger partial charge >= 0.3 is 0 Å². The number of carbonyl (C=O) groups excluding carboxylic acids is 2. The van der Waals surface area contributed by atoms with Crippen LogP contribution in [0.1, 0.15) is 30.5 Å². The van der Waals surface area contributed by atoms with Gasteiger partial charge in [0.05, 0.1) is 17.0 Å². The first-order valence-electron chi connectivity index (χ1n) is 12.9. The molecule has 0 spiro atoms. The number of aryl methyl sites for hydroxylation is 1. The van der Waals surface area contributed by atoms with Crippen molar-refractivity contribution in [2.24, 2.45) is 5.92 Å². The Hall–Kier alpha value is -3.07. The summed E-state index contributed by atoms with van der Waals surface area (Å²) in [5.41, 5.74) is 2.74. The number of nitrogens with zero attached hydrogens (tertiary/aromatic N) is 2. The second-order valence-electron chi connectivity index (χ2n) is 10.2. The Morgan fingerprint density at radius 3 is 2.23 bits per heavy atom. The molecule has 0 aliphatic heterocycles. The van der Waals surface area contributed by atoms with Crippen molar-refractivity contribution < 1.29 is 18.0 Å². The molecular formula is C30H35Cl2N3O4S. The quantitative estimate of drug-likeness (QED) is 0.297. The second-order valence-corrected chi connectivity index (χ2v) is 12.9. The third kappa shape index (κ3) is 8.71. The summed E-state index contributed by atoms with van der Waals surface area (Å²) >= 11 is 12.5. The van der Waals surface area contributed by atoms with Crippen LogP contribution in [-0.4, -0.2) is 50.5 Å². The standard InChI is InChI=1S/C30H35Cl2N3O4S/c1-21(2)18-33-30(37)28(16-23-11-6-5-7-12-23)34(19-24-13-9-8-10-22(24)3)29(36)20-35(40(4,38)39)27-17-25(31)14-15-26(27)32/h5-15,17,21,28H,16,18-20H2,1-4H3,(H,33,37)/t28-/m0/s1. The molecule has 7 nitrogen and oxygen atoms in total. The number of halogens is 2. The molecule has 1 N–H and O–H groups in total. The van der Waals surface area contributed by atoms with E-state index >= 15 is 0 Å². The number of carbonyl (C=O) groups is 2. The van der Waals surface area contributed by atoms with Gasteiger partial charge in [-0.2, -0.15) is 0 Å². The largest absolute Gasteiger partial charge is 0.354 e. The van der Waals surface area contributed by atoms with Gasteiger partial charge in [-0.15, -0.1) is 0 Å². The van der Waals surface area contributed by atoms with Crippen LogP contribution in [0.25, 0.3) is 0 Å². The van der Waals surface area contributed by atoms with E-state index in [1.54, 1.807) is 0 Å². The van der Waals surface area contributed by atoms with Gasteiger partial charge in [0, 0.05) is 24.5 Å². The highest BCUT2D eigenvalue weighted by Gasteiger charge is 2.33. The van der Waals surface area contributed by atoms with E-state index in [1.807, 2.05) is 75.4 Å². The summed E-state index contributed by atoms with van der Waals surface area (Å²) in [5.74, 6) is -0.663. The minimum absolute atomic E-state index is 0.0877. The van der Waals surface area contributed by atoms with Crippen molar-refractivity contribution in [3.8, 4) is 0 Å². The minimum atomic E-state index is -3.95. The summed E-state index contributed by atoms with van der Waals surface area (Å²) < 4.78 is 26.8. The molecule has 10 heteroatoms. The third-order valence-electron chi connectivity index (χ3n) is 6.41. The molecule has 0 aliphatic carbocycles. The maximum atomic E-state index is 14.1. The molecule has 1 atom stereocenters. The van der Waals surface area contributed by atoms with Gasteiger partial charge < -0.3 is 10.2 Å². The van der Waals surface area contributed by atoms with E-state index in [9.17, 15) is 18.0 Å². The van der Waals surface area contributed by atoms with Crippen molar-refractivity contribution in [3.63, 3.8) is 0 Å². The molecule has 0 saturated heterocycles. The lowest BCUT2D eigenvalue weighted by Crippen LogP contribution is -2.53. The zero-order valence-corrected chi connectivity index (χ0v) is 25.4. The fraction of sp³-hybridized carbons (Fsp3) is 0.333. The van der Waals surface area contributed by atoms with Crippen LogP contribution in [0.3, 0.4) is 0 Å². The molecule has 0 aliphatic rings. The van der Waals surface area contributed by atoms with Crippen molar-refractivity contribution >= 4 is 50.7 Å². The van der Waals surface area contributed by atoms with Gasteiger partial charge in [0.1, 0.15) is 12.6 Å². The molecule has 0 unspecified atom stereocenters. The summed E-state index contributed by atoms with van der Waals surface area (Å²) in [6, 6.07) is 20.5. The number of rotatable bonds is 12. The van der Waals surface area contributed by atoms with E-state index in [0.29, 0.717) is 6.54 Å². The normalized spacial score (nSPS) is 12.2. The molecule has 0 fully saturated rings. The molecule has 0 bridgehead atoms. The van der Waals surface area contributed by atoms with Crippen molar-refractivity contribution in [3.05, 3.63) is 99.5 Å². The van der Waals surface area contributed by atoms with Crippen molar-refractivity contribution in [2.45, 2.75) is 39.8 Å². The monoisotopic (exact) mass is 603 g/mol. The van der Waals surface area contributed by atoms with E-state index in [-0.39, 0.29) is 40.5 Å². The Morgan fingerprint density at radius 2 is 1.60 bits per heavy atom. The minimum Gasteiger partial charge on any atom is -0.354 e. The lowest BCUT2D eigenvalue weighted by atomic mass is 10.0. The highest BCUT2D eigenvalue weighted by molar-refractivity contribution is 7.92. The average molecular weight is 605 g/mol. The number of benzene rings is 3. The zero-order chi connectivity index (χ0) is 29.4. The van der Waals surface area contributed by atoms with Crippen molar-refractivity contribution in [2.75, 3.05) is 23.7 Å². The van der Waals surface area contributed by atoms with E-state index in [4.69, 9.17) is 23.2 Å². The molecule has 0 heterocycles. The zero-order valence-electron chi connectivity index (χ0n) is 23.1. The summed E-state index contributed by atoms with van der Waals surface area (Å²) in [4.78, 5) is 29.2. The number of hydrogen-bond acceptors (Lipinski definition) is 4. The lowest BCUT2D eigenvalue weighted by molar-refractivity contribution is -0.140. The molecule has 214 valence electrons. The fourth-order valence-electron chi connectivity index (χ4n) is 4.22. The van der Waals surface area contributed by atoms with Crippen LogP contribution in [0, 0.1) is 12.8 Å². The number of sulfonamides is 1. The Morgan fingerprint density at radius 1 is 0.950 bits per heavy atom. The van der Waals surface area contributed by atoms with Crippen LogP contribution in [-0.2, 0) is 32.6 Å². The van der Waals surface area contributed by atoms with E-state index in [2.05, 4.69) is 5.32 Å². The molecule has 40 heavy (non-hydrogen) atoms. The van der Waals surface area contributed by atoms with Crippen LogP contribution < -0.4 is 9.62 Å². The highest BCUT2D eigenvalue weighted by Crippen LogP contribution is 2.31. The summed E-state index contributed by atoms with van der Waals surface area (Å²) in [5, 5.41) is 3.37. The number of nitrogens with one attached hydrogen (secondary N) is 1. The molecule has 3 aromatic carbocycles. The van der Waals surface area contributed by atoms with Crippen LogP contribution in [0.15, 0.2) is 72.8 Å². The summed E-state index contributed by atoms with van der Waals surface area (Å²) in [6.07, 6.45) is 1.25. The van der Waals surface area contributed by atoms with E-state index < -0.39 is 28.5 Å². The van der Waals surface area contributed by atoms with E-state index in [0.717, 1.165) is 27.3 Å². The third-order valence-corrected chi connectivity index (χ3v) is 8.09. The summed E-state index contributed by atoms with van der Waals surface area (Å²) in [7, 11) is -3.95. The van der Waals surface area contributed by atoms with Crippen LogP contribution in [0.4, 0.5) is 5.69 Å². The van der Waals surface area contributed by atoms with Gasteiger partial charge in [0.2, 0.25) is 21.8 Å². The molecule has 0 aromatic heterocycles. The SMILES string of the molecule is Cc1ccccc1CN(C(=O)CN(c1cc(Cl)ccc1Cl)S(C)(=O)=O)[C@@H](Cc1ccccc1)C(=O)NCC(C)C. The predicted octanol–water partition coefficient (Wildman–Crippen LogP) is 5.48. The van der Waals surface area contributed by atoms with Crippen LogP contribution in [0.2, 0.25) is 10.0 Å². The first kappa shape index (κ1) is 31.5. The molecule has 3 aromatic rings. The maximum absolute atomic E-state index is 14.1. The topological polar surface area (TPSA) is 86.8 Å². The average Bonchev–Trinajstić information content (AvgIpc) is 2.90. The predicted molar refractivity (Wildman–Crippen MR) is 162 cm³/mol. The number of hydrogen-bond donors (Lipinski definition) is 1. The number of amides is 2. The second kappa shape index (κ2) is 14.0. The Labute approximate surface area is 247 Å². The van der Waals surface area contributed by atoms with Crippen molar-refractivity contribution in [1.29, 1.82) is 0 Å². The van der Waals surface area contributed by atoms with Gasteiger partial charge in [0.25, 0.3) is 0 Å². The number of anilines is 1. The van der Waals surface area contributed by atoms with Crippen LogP contribution in [0.5, 0.6) is 0 Å². The molecule has 3 rings (SSSR count). The molecular weight excluding hydrogens is 569 g/mol. The molecule has 2 amide bonds. The Kier molecular flexibility index (Phi) is 11.0. The fourth-order valence-corrected chi connectivity index (χ4v) is 5.51. The molecule has 0 saturated carbocycles. The first-order chi connectivity index (χ1) is 18.9. The van der Waals surface area contributed by atoms with Crippen molar-refractivity contribution in [1.82, 2.24) is 10.2 Å².